The second kappa shape index (κ2) is 4.68. The highest BCUT2D eigenvalue weighted by molar-refractivity contribution is 6.02. The Morgan fingerprint density at radius 3 is 2.63 bits per heavy atom. The summed E-state index contributed by atoms with van der Waals surface area (Å²) in [6.07, 6.45) is 3.31. The number of rotatable bonds is 2. The number of Topliss-reactive ketones (excluding diaryl/α,β-unsaturated/α-hetero) is 1. The molecule has 1 N–H and O–H groups in total. The van der Waals surface area contributed by atoms with Gasteiger partial charge in [-0.1, -0.05) is 0 Å². The summed E-state index contributed by atoms with van der Waals surface area (Å²) < 4.78 is 0. The van der Waals surface area contributed by atoms with E-state index >= 15 is 0 Å². The number of anilines is 2. The topological polar surface area (TPSA) is 49.4 Å². The fourth-order valence-electron chi connectivity index (χ4n) is 3.08. The van der Waals surface area contributed by atoms with E-state index in [1.165, 1.54) is 0 Å². The van der Waals surface area contributed by atoms with Crippen molar-refractivity contribution in [2.24, 2.45) is 0 Å². The minimum atomic E-state index is 0.169. The number of nitrogens with zero attached hydrogens (tertiary/aromatic N) is 1. The summed E-state index contributed by atoms with van der Waals surface area (Å²) in [5.41, 5.74) is 3.16. The summed E-state index contributed by atoms with van der Waals surface area (Å²) in [6.45, 7) is 0. The smallest absolute Gasteiger partial charge is 0.231 e. The number of nitrogens with one attached hydrogen (secondary N) is 1. The van der Waals surface area contributed by atoms with Gasteiger partial charge in [0.2, 0.25) is 5.91 Å². The molecule has 19 heavy (non-hydrogen) atoms. The van der Waals surface area contributed by atoms with Crippen LogP contribution in [0.25, 0.3) is 0 Å². The van der Waals surface area contributed by atoms with Crippen molar-refractivity contribution in [3.05, 3.63) is 23.8 Å². The van der Waals surface area contributed by atoms with Gasteiger partial charge in [0.15, 0.2) is 0 Å². The van der Waals surface area contributed by atoms with Crippen LogP contribution in [0.5, 0.6) is 0 Å². The molecule has 0 radical (unpaired) electrons. The van der Waals surface area contributed by atoms with Crippen molar-refractivity contribution in [1.82, 2.24) is 0 Å². The van der Waals surface area contributed by atoms with Crippen LogP contribution in [0.15, 0.2) is 18.2 Å². The van der Waals surface area contributed by atoms with Crippen LogP contribution in [-0.2, 0) is 16.0 Å². The third-order valence-corrected chi connectivity index (χ3v) is 4.12. The second-order valence-corrected chi connectivity index (χ2v) is 5.30. The maximum Gasteiger partial charge on any atom is 0.231 e. The lowest BCUT2D eigenvalue weighted by Gasteiger charge is -2.31. The Morgan fingerprint density at radius 2 is 1.95 bits per heavy atom. The van der Waals surface area contributed by atoms with E-state index in [0.717, 1.165) is 29.8 Å². The van der Waals surface area contributed by atoms with E-state index in [2.05, 4.69) is 5.32 Å². The lowest BCUT2D eigenvalue weighted by atomic mass is 9.93. The van der Waals surface area contributed by atoms with Crippen molar-refractivity contribution in [3.63, 3.8) is 0 Å². The van der Waals surface area contributed by atoms with Gasteiger partial charge in [0, 0.05) is 37.3 Å². The fourth-order valence-corrected chi connectivity index (χ4v) is 3.08. The van der Waals surface area contributed by atoms with Crippen molar-refractivity contribution >= 4 is 23.1 Å². The minimum Gasteiger partial charge on any atom is -0.388 e. The molecule has 0 bridgehead atoms. The summed E-state index contributed by atoms with van der Waals surface area (Å²) >= 11 is 0. The Labute approximate surface area is 112 Å². The van der Waals surface area contributed by atoms with Gasteiger partial charge in [0.05, 0.1) is 6.42 Å². The predicted molar refractivity (Wildman–Crippen MR) is 74.4 cm³/mol. The maximum absolute atomic E-state index is 12.2. The van der Waals surface area contributed by atoms with Crippen molar-refractivity contribution in [3.8, 4) is 0 Å². The van der Waals surface area contributed by atoms with E-state index in [9.17, 15) is 9.59 Å². The quantitative estimate of drug-likeness (QED) is 0.884. The van der Waals surface area contributed by atoms with E-state index in [1.807, 2.05) is 30.1 Å². The molecule has 100 valence electrons. The van der Waals surface area contributed by atoms with E-state index in [4.69, 9.17) is 0 Å². The molecule has 4 heteroatoms. The average Bonchev–Trinajstić information content (AvgIpc) is 2.74. The van der Waals surface area contributed by atoms with Crippen LogP contribution in [0.4, 0.5) is 11.4 Å². The molecular weight excluding hydrogens is 240 g/mol. The first kappa shape index (κ1) is 12.2. The van der Waals surface area contributed by atoms with Crippen molar-refractivity contribution in [2.45, 2.75) is 38.1 Å². The first-order chi connectivity index (χ1) is 9.19. The monoisotopic (exact) mass is 258 g/mol. The molecule has 1 aliphatic carbocycles. The van der Waals surface area contributed by atoms with Crippen LogP contribution >= 0.6 is 0 Å². The first-order valence-electron chi connectivity index (χ1n) is 6.83. The van der Waals surface area contributed by atoms with Crippen LogP contribution in [0, 0.1) is 0 Å². The number of hydrogen-bond donors (Lipinski definition) is 1. The lowest BCUT2D eigenvalue weighted by Crippen LogP contribution is -2.40. The third kappa shape index (κ3) is 2.11. The first-order valence-corrected chi connectivity index (χ1v) is 6.83. The van der Waals surface area contributed by atoms with Gasteiger partial charge in [0.25, 0.3) is 0 Å². The number of fused-ring (bicyclic) bond motifs is 1. The number of benzene rings is 1. The molecule has 1 heterocycles. The molecular formula is C15H18N2O2. The zero-order valence-corrected chi connectivity index (χ0v) is 11.1. The molecule has 1 amide bonds. The summed E-state index contributed by atoms with van der Waals surface area (Å²) in [5, 5.41) is 3.10. The zero-order valence-electron chi connectivity index (χ0n) is 11.1. The number of carbonyl (C=O) groups excluding carboxylic acids is 2. The molecule has 0 saturated heterocycles. The molecule has 1 aromatic rings. The Morgan fingerprint density at radius 1 is 1.21 bits per heavy atom. The average molecular weight is 258 g/mol. The lowest BCUT2D eigenvalue weighted by molar-refractivity contribution is -0.122. The van der Waals surface area contributed by atoms with E-state index in [0.29, 0.717) is 25.0 Å². The molecule has 0 atom stereocenters. The zero-order chi connectivity index (χ0) is 13.4. The highest BCUT2D eigenvalue weighted by atomic mass is 16.2. The number of carbonyl (C=O) groups is 2. The van der Waals surface area contributed by atoms with E-state index < -0.39 is 0 Å². The number of hydrogen-bond acceptors (Lipinski definition) is 3. The van der Waals surface area contributed by atoms with Crippen molar-refractivity contribution in [2.75, 3.05) is 17.3 Å². The Balaban J connectivity index is 1.88. The third-order valence-electron chi connectivity index (χ3n) is 4.12. The standard InChI is InChI=1S/C15H18N2O2/c1-16-11-2-7-14-10(8-11)9-15(19)17(14)12-3-5-13(18)6-4-12/h2,7-8,12,16H,3-6,9H2,1H3. The maximum atomic E-state index is 12.2. The van der Waals surface area contributed by atoms with Crippen molar-refractivity contribution < 1.29 is 9.59 Å². The summed E-state index contributed by atoms with van der Waals surface area (Å²) in [5.74, 6) is 0.497. The van der Waals surface area contributed by atoms with Crippen LogP contribution in [0.1, 0.15) is 31.2 Å². The molecule has 2 aliphatic rings. The normalized spacial score (nSPS) is 19.7. The minimum absolute atomic E-state index is 0.169. The molecule has 1 fully saturated rings. The van der Waals surface area contributed by atoms with Gasteiger partial charge in [-0.25, -0.2) is 0 Å². The number of amides is 1. The van der Waals surface area contributed by atoms with Gasteiger partial charge in [-0.3, -0.25) is 9.59 Å². The second-order valence-electron chi connectivity index (χ2n) is 5.30. The predicted octanol–water partition coefficient (Wildman–Crippen LogP) is 2.13. The van der Waals surface area contributed by atoms with Crippen LogP contribution in [0.2, 0.25) is 0 Å². The van der Waals surface area contributed by atoms with Gasteiger partial charge in [-0.15, -0.1) is 0 Å². The van der Waals surface area contributed by atoms with Gasteiger partial charge in [-0.2, -0.15) is 0 Å². The molecule has 3 rings (SSSR count). The van der Waals surface area contributed by atoms with Gasteiger partial charge in [0.1, 0.15) is 5.78 Å². The number of ketones is 1. The van der Waals surface area contributed by atoms with Gasteiger partial charge >= 0.3 is 0 Å². The molecule has 1 aliphatic heterocycles. The Bertz CT molecular complexity index is 529. The van der Waals surface area contributed by atoms with Crippen LogP contribution in [0.3, 0.4) is 0 Å². The van der Waals surface area contributed by atoms with Gasteiger partial charge in [-0.05, 0) is 36.6 Å². The SMILES string of the molecule is CNc1ccc2c(c1)CC(=O)N2C1CCC(=O)CC1. The van der Waals surface area contributed by atoms with Crippen LogP contribution in [-0.4, -0.2) is 24.8 Å². The molecule has 0 spiro atoms. The largest absolute Gasteiger partial charge is 0.388 e. The molecule has 4 nitrogen and oxygen atoms in total. The molecule has 0 unspecified atom stereocenters. The summed E-state index contributed by atoms with van der Waals surface area (Å²) in [4.78, 5) is 25.5. The summed E-state index contributed by atoms with van der Waals surface area (Å²) in [7, 11) is 1.88. The van der Waals surface area contributed by atoms with Gasteiger partial charge < -0.3 is 10.2 Å². The Hall–Kier alpha value is -1.84. The fraction of sp³-hybridized carbons (Fsp3) is 0.467. The molecule has 1 saturated carbocycles. The Kier molecular flexibility index (Phi) is 3.01. The highest BCUT2D eigenvalue weighted by Crippen LogP contribution is 2.35. The van der Waals surface area contributed by atoms with Crippen LogP contribution < -0.4 is 10.2 Å². The highest BCUT2D eigenvalue weighted by Gasteiger charge is 2.34. The van der Waals surface area contributed by atoms with E-state index in [-0.39, 0.29) is 11.9 Å². The summed E-state index contributed by atoms with van der Waals surface area (Å²) in [6, 6.07) is 6.26. The van der Waals surface area contributed by atoms with E-state index in [1.54, 1.807) is 0 Å². The molecule has 1 aromatic carbocycles. The molecule has 0 aromatic heterocycles. The van der Waals surface area contributed by atoms with Crippen molar-refractivity contribution in [1.29, 1.82) is 0 Å².